The third-order valence-electron chi connectivity index (χ3n) is 3.66. The van der Waals surface area contributed by atoms with Crippen LogP contribution >= 0.6 is 0 Å². The molecule has 104 valence electrons. The summed E-state index contributed by atoms with van der Waals surface area (Å²) in [7, 11) is 0. The van der Waals surface area contributed by atoms with Gasteiger partial charge >= 0.3 is 5.97 Å². The fraction of sp³-hybridized carbons (Fsp3) is 0.533. The van der Waals surface area contributed by atoms with Crippen LogP contribution in [0.5, 0.6) is 0 Å². The summed E-state index contributed by atoms with van der Waals surface area (Å²) < 4.78 is 5.24. The summed E-state index contributed by atoms with van der Waals surface area (Å²) in [4.78, 5) is 11.6. The Morgan fingerprint density at radius 2 is 1.84 bits per heavy atom. The second kappa shape index (κ2) is 5.31. The Kier molecular flexibility index (Phi) is 3.92. The molecule has 0 aromatic heterocycles. The first-order valence-corrected chi connectivity index (χ1v) is 6.49. The van der Waals surface area contributed by atoms with Crippen LogP contribution in [0.4, 0.5) is 0 Å². The molecule has 1 heterocycles. The van der Waals surface area contributed by atoms with E-state index in [1.54, 1.807) is 6.08 Å². The van der Waals surface area contributed by atoms with Crippen LogP contribution in [0.25, 0.3) is 0 Å². The van der Waals surface area contributed by atoms with Crippen LogP contribution < -0.4 is 0 Å². The summed E-state index contributed by atoms with van der Waals surface area (Å²) in [6.07, 6.45) is 2.69. The molecule has 4 nitrogen and oxygen atoms in total. The highest BCUT2D eigenvalue weighted by atomic mass is 16.6. The maximum atomic E-state index is 11.6. The molecule has 1 saturated heterocycles. The molecule has 2 rings (SSSR count). The zero-order valence-corrected chi connectivity index (χ0v) is 11.3. The lowest BCUT2D eigenvalue weighted by molar-refractivity contribution is -0.137. The van der Waals surface area contributed by atoms with E-state index in [-0.39, 0.29) is 0 Å². The summed E-state index contributed by atoms with van der Waals surface area (Å²) in [5.41, 5.74) is 2.17. The molecule has 1 aliphatic heterocycles. The van der Waals surface area contributed by atoms with Gasteiger partial charge in [0.2, 0.25) is 0 Å². The Morgan fingerprint density at radius 3 is 2.53 bits per heavy atom. The van der Waals surface area contributed by atoms with Crippen LogP contribution in [0.2, 0.25) is 0 Å². The van der Waals surface area contributed by atoms with Crippen molar-refractivity contribution < 1.29 is 19.7 Å². The van der Waals surface area contributed by atoms with Crippen molar-refractivity contribution in [2.45, 2.75) is 45.0 Å². The molecule has 19 heavy (non-hydrogen) atoms. The molecule has 4 atom stereocenters. The molecule has 0 bridgehead atoms. The molecular formula is C15H20O4. The Morgan fingerprint density at radius 1 is 1.21 bits per heavy atom. The van der Waals surface area contributed by atoms with Gasteiger partial charge in [-0.25, -0.2) is 4.79 Å². The highest BCUT2D eigenvalue weighted by molar-refractivity contribution is 5.91. The summed E-state index contributed by atoms with van der Waals surface area (Å²) in [6, 6.07) is 0. The molecule has 2 N–H and O–H groups in total. The van der Waals surface area contributed by atoms with Crippen molar-refractivity contribution in [3.8, 4) is 0 Å². The number of aliphatic hydroxyl groups excluding tert-OH is 2. The fourth-order valence-corrected chi connectivity index (χ4v) is 2.79. The van der Waals surface area contributed by atoms with Gasteiger partial charge in [0.05, 0.1) is 18.1 Å². The molecule has 1 aliphatic carbocycles. The standard InChI is InChI=1S/C15H20O4/c1-8-4-11(16)5-9(2)7-13-14(12(17)6-8)10(3)15(18)19-13/h4,7,11-14,16-17H,3,5-6H2,1-2H3/b8-4?,9-7+. The first-order valence-electron chi connectivity index (χ1n) is 6.49. The van der Waals surface area contributed by atoms with E-state index < -0.39 is 30.2 Å². The smallest absolute Gasteiger partial charge is 0.334 e. The normalized spacial score (nSPS) is 38.9. The maximum Gasteiger partial charge on any atom is 0.334 e. The van der Waals surface area contributed by atoms with Crippen molar-refractivity contribution in [2.75, 3.05) is 0 Å². The van der Waals surface area contributed by atoms with Crippen LogP contribution in [0.3, 0.4) is 0 Å². The van der Waals surface area contributed by atoms with Gasteiger partial charge in [-0.05, 0) is 32.8 Å². The predicted molar refractivity (Wildman–Crippen MR) is 71.3 cm³/mol. The number of esters is 1. The van der Waals surface area contributed by atoms with Crippen molar-refractivity contribution in [2.24, 2.45) is 5.92 Å². The van der Waals surface area contributed by atoms with E-state index in [9.17, 15) is 15.0 Å². The minimum absolute atomic E-state index is 0.329. The largest absolute Gasteiger partial charge is 0.454 e. The first kappa shape index (κ1) is 14.0. The number of fused-ring (bicyclic) bond motifs is 1. The van der Waals surface area contributed by atoms with E-state index in [2.05, 4.69) is 6.58 Å². The molecule has 0 amide bonds. The Hall–Kier alpha value is -1.39. The van der Waals surface area contributed by atoms with Crippen LogP contribution in [0.15, 0.2) is 35.5 Å². The lowest BCUT2D eigenvalue weighted by atomic mass is 9.85. The highest BCUT2D eigenvalue weighted by Gasteiger charge is 2.42. The third-order valence-corrected chi connectivity index (χ3v) is 3.66. The molecule has 0 spiro atoms. The minimum Gasteiger partial charge on any atom is -0.454 e. The number of aliphatic hydroxyl groups is 2. The quantitative estimate of drug-likeness (QED) is 0.395. The Bertz CT molecular complexity index is 461. The molecule has 0 aromatic carbocycles. The van der Waals surface area contributed by atoms with Gasteiger partial charge < -0.3 is 14.9 Å². The molecule has 1 fully saturated rings. The van der Waals surface area contributed by atoms with Crippen molar-refractivity contribution >= 4 is 5.97 Å². The number of rotatable bonds is 0. The van der Waals surface area contributed by atoms with Crippen LogP contribution in [0, 0.1) is 5.92 Å². The maximum absolute atomic E-state index is 11.6. The van der Waals surface area contributed by atoms with Crippen molar-refractivity contribution in [3.63, 3.8) is 0 Å². The van der Waals surface area contributed by atoms with Crippen LogP contribution in [-0.2, 0) is 9.53 Å². The van der Waals surface area contributed by atoms with Gasteiger partial charge in [0.15, 0.2) is 0 Å². The average molecular weight is 264 g/mol. The van der Waals surface area contributed by atoms with Gasteiger partial charge in [-0.1, -0.05) is 23.8 Å². The molecule has 4 heteroatoms. The van der Waals surface area contributed by atoms with E-state index in [0.29, 0.717) is 18.4 Å². The molecule has 0 radical (unpaired) electrons. The average Bonchev–Trinajstić information content (AvgIpc) is 2.52. The van der Waals surface area contributed by atoms with Gasteiger partial charge in [-0.15, -0.1) is 0 Å². The van der Waals surface area contributed by atoms with Gasteiger partial charge in [0.1, 0.15) is 6.10 Å². The molecular weight excluding hydrogens is 244 g/mol. The monoisotopic (exact) mass is 264 g/mol. The van der Waals surface area contributed by atoms with Gasteiger partial charge in [0, 0.05) is 5.57 Å². The van der Waals surface area contributed by atoms with Gasteiger partial charge in [-0.3, -0.25) is 0 Å². The predicted octanol–water partition coefficient (Wildman–Crippen LogP) is 1.49. The summed E-state index contributed by atoms with van der Waals surface area (Å²) in [6.45, 7) is 7.47. The van der Waals surface area contributed by atoms with Crippen LogP contribution in [-0.4, -0.2) is 34.5 Å². The second-order valence-electron chi connectivity index (χ2n) is 5.49. The topological polar surface area (TPSA) is 66.8 Å². The van der Waals surface area contributed by atoms with E-state index >= 15 is 0 Å². The number of carbonyl (C=O) groups is 1. The highest BCUT2D eigenvalue weighted by Crippen LogP contribution is 2.34. The summed E-state index contributed by atoms with van der Waals surface area (Å²) in [5, 5.41) is 20.2. The number of hydrogen-bond acceptors (Lipinski definition) is 4. The number of ether oxygens (including phenoxy) is 1. The number of hydrogen-bond donors (Lipinski definition) is 2. The lowest BCUT2D eigenvalue weighted by Crippen LogP contribution is -2.29. The molecule has 2 aliphatic rings. The van der Waals surface area contributed by atoms with E-state index in [0.717, 1.165) is 11.1 Å². The van der Waals surface area contributed by atoms with Gasteiger partial charge in [-0.2, -0.15) is 0 Å². The van der Waals surface area contributed by atoms with Crippen LogP contribution in [0.1, 0.15) is 26.7 Å². The fourth-order valence-electron chi connectivity index (χ4n) is 2.79. The summed E-state index contributed by atoms with van der Waals surface area (Å²) in [5.74, 6) is -0.847. The Balaban J connectivity index is 2.36. The van der Waals surface area contributed by atoms with Crippen molar-refractivity contribution in [1.29, 1.82) is 0 Å². The summed E-state index contributed by atoms with van der Waals surface area (Å²) >= 11 is 0. The SMILES string of the molecule is C=C1C(=O)OC2/C=C(\C)CC(O)C=C(C)CC(O)C12. The number of carbonyl (C=O) groups excluding carboxylic acids is 1. The zero-order valence-electron chi connectivity index (χ0n) is 11.3. The molecule has 4 unspecified atom stereocenters. The van der Waals surface area contributed by atoms with E-state index in [4.69, 9.17) is 4.74 Å². The zero-order chi connectivity index (χ0) is 14.2. The molecule has 0 saturated carbocycles. The Labute approximate surface area is 113 Å². The third kappa shape index (κ3) is 2.96. The van der Waals surface area contributed by atoms with Crippen molar-refractivity contribution in [1.82, 2.24) is 0 Å². The minimum atomic E-state index is -0.727. The van der Waals surface area contributed by atoms with E-state index in [1.165, 1.54) is 0 Å². The second-order valence-corrected chi connectivity index (χ2v) is 5.49. The van der Waals surface area contributed by atoms with Crippen molar-refractivity contribution in [3.05, 3.63) is 35.5 Å². The molecule has 0 aromatic rings. The van der Waals surface area contributed by atoms with Gasteiger partial charge in [0.25, 0.3) is 0 Å². The van der Waals surface area contributed by atoms with E-state index in [1.807, 2.05) is 19.9 Å². The first-order chi connectivity index (χ1) is 8.88. The lowest BCUT2D eigenvalue weighted by Gasteiger charge is -2.23.